The quantitative estimate of drug-likeness (QED) is 0.753. The van der Waals surface area contributed by atoms with Gasteiger partial charge in [0, 0.05) is 0 Å². The first-order valence-corrected chi connectivity index (χ1v) is 5.66. The van der Waals surface area contributed by atoms with Crippen LogP contribution in [0.25, 0.3) is 0 Å². The standard InChI is InChI=1S/C15H14O3/c1-12-5-7-14(8-6-12)18-15-4-2-3-13(9-15)10-17-11-16/h2-9,11H,10H2,1H3. The smallest absolute Gasteiger partial charge is 0.293 e. The molecule has 0 amide bonds. The number of rotatable bonds is 5. The highest BCUT2D eigenvalue weighted by molar-refractivity contribution is 5.38. The summed E-state index contributed by atoms with van der Waals surface area (Å²) in [5.41, 5.74) is 2.09. The Hall–Kier alpha value is -2.29. The van der Waals surface area contributed by atoms with Gasteiger partial charge in [-0.05, 0) is 36.8 Å². The summed E-state index contributed by atoms with van der Waals surface area (Å²) in [5, 5.41) is 0. The van der Waals surface area contributed by atoms with Gasteiger partial charge in [-0.1, -0.05) is 29.8 Å². The van der Waals surface area contributed by atoms with E-state index >= 15 is 0 Å². The second-order valence-corrected chi connectivity index (χ2v) is 3.97. The molecule has 0 aliphatic heterocycles. The number of carbonyl (C=O) groups excluding carboxylic acids is 1. The Morgan fingerprint density at radius 3 is 2.56 bits per heavy atom. The van der Waals surface area contributed by atoms with Crippen molar-refractivity contribution in [3.63, 3.8) is 0 Å². The summed E-state index contributed by atoms with van der Waals surface area (Å²) in [4.78, 5) is 10.1. The van der Waals surface area contributed by atoms with Crippen LogP contribution >= 0.6 is 0 Å². The van der Waals surface area contributed by atoms with Crippen molar-refractivity contribution in [1.29, 1.82) is 0 Å². The zero-order chi connectivity index (χ0) is 12.8. The van der Waals surface area contributed by atoms with Crippen molar-refractivity contribution >= 4 is 6.47 Å². The summed E-state index contributed by atoms with van der Waals surface area (Å²) in [6.45, 7) is 2.73. The van der Waals surface area contributed by atoms with Gasteiger partial charge in [-0.3, -0.25) is 4.79 Å². The summed E-state index contributed by atoms with van der Waals surface area (Å²) in [6, 6.07) is 15.3. The van der Waals surface area contributed by atoms with Crippen molar-refractivity contribution < 1.29 is 14.3 Å². The van der Waals surface area contributed by atoms with Crippen molar-refractivity contribution in [2.45, 2.75) is 13.5 Å². The first-order valence-electron chi connectivity index (χ1n) is 5.66. The molecule has 2 rings (SSSR count). The molecule has 0 bridgehead atoms. The molecule has 2 aromatic rings. The molecule has 0 spiro atoms. The lowest BCUT2D eigenvalue weighted by Gasteiger charge is -2.07. The van der Waals surface area contributed by atoms with E-state index in [1.807, 2.05) is 55.5 Å². The van der Waals surface area contributed by atoms with Crippen molar-refractivity contribution in [3.8, 4) is 11.5 Å². The Balaban J connectivity index is 2.08. The fourth-order valence-electron chi connectivity index (χ4n) is 1.57. The summed E-state index contributed by atoms with van der Waals surface area (Å²) in [6.07, 6.45) is 0. The average Bonchev–Trinajstić information content (AvgIpc) is 2.40. The number of carbonyl (C=O) groups is 1. The van der Waals surface area contributed by atoms with Gasteiger partial charge in [-0.2, -0.15) is 0 Å². The van der Waals surface area contributed by atoms with Gasteiger partial charge in [-0.25, -0.2) is 0 Å². The van der Waals surface area contributed by atoms with E-state index in [4.69, 9.17) is 9.47 Å². The van der Waals surface area contributed by atoms with Gasteiger partial charge in [-0.15, -0.1) is 0 Å². The van der Waals surface area contributed by atoms with Gasteiger partial charge in [0.1, 0.15) is 18.1 Å². The van der Waals surface area contributed by atoms with Crippen LogP contribution in [0.2, 0.25) is 0 Å². The fraction of sp³-hybridized carbons (Fsp3) is 0.133. The number of hydrogen-bond acceptors (Lipinski definition) is 3. The van der Waals surface area contributed by atoms with E-state index in [1.165, 1.54) is 5.56 Å². The second-order valence-electron chi connectivity index (χ2n) is 3.97. The second kappa shape index (κ2) is 5.87. The van der Waals surface area contributed by atoms with E-state index in [2.05, 4.69) is 0 Å². The van der Waals surface area contributed by atoms with Crippen molar-refractivity contribution in [2.75, 3.05) is 0 Å². The minimum atomic E-state index is 0.259. The lowest BCUT2D eigenvalue weighted by molar-refractivity contribution is -0.129. The van der Waals surface area contributed by atoms with Crippen LogP contribution in [0.1, 0.15) is 11.1 Å². The lowest BCUT2D eigenvalue weighted by Crippen LogP contribution is -1.91. The predicted molar refractivity (Wildman–Crippen MR) is 68.5 cm³/mol. The van der Waals surface area contributed by atoms with Gasteiger partial charge in [0.2, 0.25) is 0 Å². The minimum Gasteiger partial charge on any atom is -0.463 e. The molecule has 0 aliphatic rings. The van der Waals surface area contributed by atoms with Crippen molar-refractivity contribution in [3.05, 3.63) is 59.7 Å². The summed E-state index contributed by atoms with van der Waals surface area (Å²) < 4.78 is 10.4. The lowest BCUT2D eigenvalue weighted by atomic mass is 10.2. The molecular formula is C15H14O3. The summed E-state index contributed by atoms with van der Waals surface area (Å²) >= 11 is 0. The molecule has 3 nitrogen and oxygen atoms in total. The summed E-state index contributed by atoms with van der Waals surface area (Å²) in [7, 11) is 0. The maximum absolute atomic E-state index is 10.1. The van der Waals surface area contributed by atoms with Crippen LogP contribution in [0.4, 0.5) is 0 Å². The highest BCUT2D eigenvalue weighted by Gasteiger charge is 1.99. The van der Waals surface area contributed by atoms with Crippen LogP contribution < -0.4 is 4.74 Å². The normalized spacial score (nSPS) is 9.83. The number of aryl methyl sites for hydroxylation is 1. The van der Waals surface area contributed by atoms with E-state index in [-0.39, 0.29) is 6.61 Å². The highest BCUT2D eigenvalue weighted by Crippen LogP contribution is 2.22. The molecule has 0 radical (unpaired) electrons. The first-order chi connectivity index (χ1) is 8.78. The van der Waals surface area contributed by atoms with E-state index in [0.717, 1.165) is 17.1 Å². The maximum atomic E-state index is 10.1. The average molecular weight is 242 g/mol. The number of benzene rings is 2. The number of hydrogen-bond donors (Lipinski definition) is 0. The molecule has 0 aliphatic carbocycles. The maximum Gasteiger partial charge on any atom is 0.293 e. The Morgan fingerprint density at radius 1 is 1.06 bits per heavy atom. The third kappa shape index (κ3) is 3.35. The van der Waals surface area contributed by atoms with E-state index in [1.54, 1.807) is 0 Å². The fourth-order valence-corrected chi connectivity index (χ4v) is 1.57. The minimum absolute atomic E-state index is 0.259. The molecule has 0 unspecified atom stereocenters. The molecule has 0 N–H and O–H groups in total. The molecule has 0 fully saturated rings. The van der Waals surface area contributed by atoms with Gasteiger partial charge in [0.25, 0.3) is 6.47 Å². The predicted octanol–water partition coefficient (Wildman–Crippen LogP) is 3.46. The molecule has 0 saturated heterocycles. The van der Waals surface area contributed by atoms with Gasteiger partial charge in [0.05, 0.1) is 0 Å². The molecular weight excluding hydrogens is 228 g/mol. The molecule has 0 atom stereocenters. The Kier molecular flexibility index (Phi) is 3.97. The highest BCUT2D eigenvalue weighted by atomic mass is 16.5. The van der Waals surface area contributed by atoms with Crippen LogP contribution in [0, 0.1) is 6.92 Å². The van der Waals surface area contributed by atoms with Crippen LogP contribution in [0.15, 0.2) is 48.5 Å². The molecule has 0 aromatic heterocycles. The SMILES string of the molecule is Cc1ccc(Oc2cccc(COC=O)c2)cc1. The monoisotopic (exact) mass is 242 g/mol. The molecule has 3 heteroatoms. The van der Waals surface area contributed by atoms with Crippen molar-refractivity contribution in [2.24, 2.45) is 0 Å². The van der Waals surface area contributed by atoms with Crippen LogP contribution in [0.5, 0.6) is 11.5 Å². The molecule has 18 heavy (non-hydrogen) atoms. The number of ether oxygens (including phenoxy) is 2. The topological polar surface area (TPSA) is 35.5 Å². The van der Waals surface area contributed by atoms with E-state index in [0.29, 0.717) is 6.47 Å². The summed E-state index contributed by atoms with van der Waals surface area (Å²) in [5.74, 6) is 1.51. The third-order valence-electron chi connectivity index (χ3n) is 2.47. The largest absolute Gasteiger partial charge is 0.463 e. The van der Waals surface area contributed by atoms with Crippen LogP contribution in [-0.4, -0.2) is 6.47 Å². The third-order valence-corrected chi connectivity index (χ3v) is 2.47. The zero-order valence-corrected chi connectivity index (χ0v) is 10.1. The Bertz CT molecular complexity index is 518. The molecule has 2 aromatic carbocycles. The molecule has 0 heterocycles. The van der Waals surface area contributed by atoms with Gasteiger partial charge >= 0.3 is 0 Å². The van der Waals surface area contributed by atoms with Gasteiger partial charge < -0.3 is 9.47 Å². The Labute approximate surface area is 106 Å². The van der Waals surface area contributed by atoms with E-state index in [9.17, 15) is 4.79 Å². The molecule has 92 valence electrons. The van der Waals surface area contributed by atoms with Crippen LogP contribution in [0.3, 0.4) is 0 Å². The molecule has 0 saturated carbocycles. The van der Waals surface area contributed by atoms with Crippen molar-refractivity contribution in [1.82, 2.24) is 0 Å². The van der Waals surface area contributed by atoms with Gasteiger partial charge in [0.15, 0.2) is 0 Å². The van der Waals surface area contributed by atoms with E-state index < -0.39 is 0 Å². The zero-order valence-electron chi connectivity index (χ0n) is 10.1. The Morgan fingerprint density at radius 2 is 1.83 bits per heavy atom. The first kappa shape index (κ1) is 12.2. The van der Waals surface area contributed by atoms with Crippen LogP contribution in [-0.2, 0) is 16.1 Å².